The topological polar surface area (TPSA) is 0 Å². The molecule has 5 heteroatoms. The van der Waals surface area contributed by atoms with Gasteiger partial charge in [0.05, 0.1) is 5.56 Å². The fourth-order valence-electron chi connectivity index (χ4n) is 0.919. The van der Waals surface area contributed by atoms with Gasteiger partial charge in [0.25, 0.3) is 0 Å². The molecule has 0 bridgehead atoms. The molecule has 0 saturated carbocycles. The van der Waals surface area contributed by atoms with Crippen molar-refractivity contribution in [2.45, 2.75) is 11.1 Å². The fourth-order valence-corrected chi connectivity index (χ4v) is 2.28. The lowest BCUT2D eigenvalue weighted by molar-refractivity contribution is -0.137. The van der Waals surface area contributed by atoms with Crippen molar-refractivity contribution < 1.29 is 13.2 Å². The fraction of sp³-hybridized carbons (Fsp3) is 0.333. The average molecular weight is 332 g/mol. The first-order valence-corrected chi connectivity index (χ1v) is 6.41. The summed E-state index contributed by atoms with van der Waals surface area (Å²) in [5, 5.41) is 0. The molecule has 0 amide bonds. The van der Waals surface area contributed by atoms with Gasteiger partial charge in [-0.3, -0.25) is 0 Å². The molecule has 0 aliphatic rings. The highest BCUT2D eigenvalue weighted by molar-refractivity contribution is 14.1. The molecule has 0 aromatic heterocycles. The predicted molar refractivity (Wildman–Crippen MR) is 61.1 cm³/mol. The molecule has 0 saturated heterocycles. The van der Waals surface area contributed by atoms with Crippen LogP contribution in [0.5, 0.6) is 0 Å². The summed E-state index contributed by atoms with van der Waals surface area (Å²) in [6, 6.07) is 5.43. The highest BCUT2D eigenvalue weighted by atomic mass is 127. The van der Waals surface area contributed by atoms with Crippen LogP contribution in [0.15, 0.2) is 29.2 Å². The molecule has 1 rings (SSSR count). The first kappa shape index (κ1) is 12.2. The third kappa shape index (κ3) is 3.68. The first-order valence-electron chi connectivity index (χ1n) is 3.90. The molecule has 0 spiro atoms. The van der Waals surface area contributed by atoms with Crippen molar-refractivity contribution in [2.75, 3.05) is 10.2 Å². The number of alkyl halides is 4. The molecule has 0 nitrogen and oxygen atoms in total. The van der Waals surface area contributed by atoms with Crippen molar-refractivity contribution in [3.05, 3.63) is 29.8 Å². The highest BCUT2D eigenvalue weighted by Gasteiger charge is 2.30. The van der Waals surface area contributed by atoms with Crippen LogP contribution in [-0.2, 0) is 6.18 Å². The van der Waals surface area contributed by atoms with Gasteiger partial charge in [-0.25, -0.2) is 0 Å². The zero-order valence-electron chi connectivity index (χ0n) is 7.14. The van der Waals surface area contributed by atoms with Crippen LogP contribution in [0.25, 0.3) is 0 Å². The smallest absolute Gasteiger partial charge is 0.166 e. The molecule has 0 unspecified atom stereocenters. The molecule has 78 valence electrons. The molecule has 14 heavy (non-hydrogen) atoms. The summed E-state index contributed by atoms with van der Waals surface area (Å²) in [6.07, 6.45) is -4.24. The Morgan fingerprint density at radius 3 is 2.57 bits per heavy atom. The van der Waals surface area contributed by atoms with Crippen molar-refractivity contribution in [1.82, 2.24) is 0 Å². The Balaban J connectivity index is 2.79. The van der Waals surface area contributed by atoms with Gasteiger partial charge in [-0.05, 0) is 18.2 Å². The van der Waals surface area contributed by atoms with Gasteiger partial charge in [-0.15, -0.1) is 11.8 Å². The quantitative estimate of drug-likeness (QED) is 0.453. The van der Waals surface area contributed by atoms with E-state index in [1.165, 1.54) is 23.9 Å². The van der Waals surface area contributed by atoms with Gasteiger partial charge >= 0.3 is 6.18 Å². The number of thioether (sulfide) groups is 1. The van der Waals surface area contributed by atoms with Crippen LogP contribution in [0, 0.1) is 0 Å². The van der Waals surface area contributed by atoms with Crippen LogP contribution in [0.4, 0.5) is 13.2 Å². The van der Waals surface area contributed by atoms with Crippen LogP contribution in [-0.4, -0.2) is 10.2 Å². The molecule has 0 N–H and O–H groups in total. The Morgan fingerprint density at radius 1 is 1.29 bits per heavy atom. The van der Waals surface area contributed by atoms with Crippen LogP contribution in [0.1, 0.15) is 5.56 Å². The van der Waals surface area contributed by atoms with E-state index in [4.69, 9.17) is 0 Å². The van der Waals surface area contributed by atoms with E-state index in [0.717, 1.165) is 16.2 Å². The molecular formula is C9H8F3IS. The Kier molecular flexibility index (Phi) is 4.56. The van der Waals surface area contributed by atoms with Crippen molar-refractivity contribution in [1.29, 1.82) is 0 Å². The zero-order valence-corrected chi connectivity index (χ0v) is 10.1. The summed E-state index contributed by atoms with van der Waals surface area (Å²) < 4.78 is 37.8. The minimum Gasteiger partial charge on any atom is -0.166 e. The molecular weight excluding hydrogens is 324 g/mol. The molecule has 0 aliphatic heterocycles. The summed E-state index contributed by atoms with van der Waals surface area (Å²) in [5.41, 5.74) is -0.573. The molecule has 1 aromatic carbocycles. The van der Waals surface area contributed by atoms with Gasteiger partial charge in [-0.1, -0.05) is 28.7 Å². The highest BCUT2D eigenvalue weighted by Crippen LogP contribution is 2.31. The monoisotopic (exact) mass is 332 g/mol. The largest absolute Gasteiger partial charge is 0.416 e. The molecule has 0 heterocycles. The van der Waals surface area contributed by atoms with Crippen LogP contribution < -0.4 is 0 Å². The van der Waals surface area contributed by atoms with Crippen molar-refractivity contribution in [3.63, 3.8) is 0 Å². The minimum absolute atomic E-state index is 0.573. The van der Waals surface area contributed by atoms with Gasteiger partial charge in [0.1, 0.15) is 0 Å². The normalized spacial score (nSPS) is 11.7. The third-order valence-electron chi connectivity index (χ3n) is 1.51. The Labute approximate surface area is 98.4 Å². The second kappa shape index (κ2) is 5.25. The van der Waals surface area contributed by atoms with Gasteiger partial charge < -0.3 is 0 Å². The Bertz CT molecular complexity index is 298. The van der Waals surface area contributed by atoms with Crippen molar-refractivity contribution in [2.24, 2.45) is 0 Å². The summed E-state index contributed by atoms with van der Waals surface area (Å²) >= 11 is 3.64. The molecule has 1 aromatic rings. The van der Waals surface area contributed by atoms with Crippen LogP contribution in [0.3, 0.4) is 0 Å². The molecule has 0 radical (unpaired) electrons. The Hall–Kier alpha value is 0.0900. The standard InChI is InChI=1S/C9H8F3IS/c10-9(11,12)7-2-1-3-8(6-7)14-5-4-13/h1-3,6H,4-5H2. The molecule has 0 aliphatic carbocycles. The first-order chi connectivity index (χ1) is 6.54. The minimum atomic E-state index is -4.24. The second-order valence-corrected chi connectivity index (χ2v) is 4.81. The van der Waals surface area contributed by atoms with Crippen LogP contribution in [0.2, 0.25) is 0 Å². The molecule has 0 atom stereocenters. The maximum absolute atomic E-state index is 12.3. The van der Waals surface area contributed by atoms with Crippen molar-refractivity contribution in [3.8, 4) is 0 Å². The molecule has 0 fully saturated rings. The maximum atomic E-state index is 12.3. The van der Waals surface area contributed by atoms with E-state index in [1.807, 2.05) is 0 Å². The predicted octanol–water partition coefficient (Wildman–Crippen LogP) is 4.23. The zero-order chi connectivity index (χ0) is 10.6. The van der Waals surface area contributed by atoms with Crippen LogP contribution >= 0.6 is 34.4 Å². The van der Waals surface area contributed by atoms with E-state index >= 15 is 0 Å². The lowest BCUT2D eigenvalue weighted by Crippen LogP contribution is -2.04. The van der Waals surface area contributed by atoms with E-state index in [0.29, 0.717) is 4.90 Å². The summed E-state index contributed by atoms with van der Waals surface area (Å²) in [4.78, 5) is 0.677. The van der Waals surface area contributed by atoms with E-state index in [1.54, 1.807) is 6.07 Å². The Morgan fingerprint density at radius 2 is 2.00 bits per heavy atom. The number of hydrogen-bond donors (Lipinski definition) is 0. The van der Waals surface area contributed by atoms with Gasteiger partial charge in [-0.2, -0.15) is 13.2 Å². The van der Waals surface area contributed by atoms with Crippen molar-refractivity contribution >= 4 is 34.4 Å². The summed E-state index contributed by atoms with van der Waals surface area (Å²) in [6.45, 7) is 0. The van der Waals surface area contributed by atoms with E-state index in [9.17, 15) is 13.2 Å². The second-order valence-electron chi connectivity index (χ2n) is 2.56. The number of rotatable bonds is 3. The lowest BCUT2D eigenvalue weighted by Gasteiger charge is -2.07. The number of hydrogen-bond acceptors (Lipinski definition) is 1. The van der Waals surface area contributed by atoms with Gasteiger partial charge in [0.15, 0.2) is 0 Å². The van der Waals surface area contributed by atoms with Gasteiger partial charge in [0, 0.05) is 15.1 Å². The van der Waals surface area contributed by atoms with E-state index in [-0.39, 0.29) is 0 Å². The number of benzene rings is 1. The van der Waals surface area contributed by atoms with Gasteiger partial charge in [0.2, 0.25) is 0 Å². The SMILES string of the molecule is FC(F)(F)c1cccc(SCCI)c1. The third-order valence-corrected chi connectivity index (χ3v) is 3.77. The van der Waals surface area contributed by atoms with E-state index < -0.39 is 11.7 Å². The maximum Gasteiger partial charge on any atom is 0.416 e. The number of halogens is 4. The lowest BCUT2D eigenvalue weighted by atomic mass is 10.2. The summed E-state index contributed by atoms with van der Waals surface area (Å²) in [7, 11) is 0. The van der Waals surface area contributed by atoms with E-state index in [2.05, 4.69) is 22.6 Å². The average Bonchev–Trinajstić information content (AvgIpc) is 2.14. The summed E-state index contributed by atoms with van der Waals surface area (Å²) in [5.74, 6) is 0.835.